The number of benzene rings is 1. The van der Waals surface area contributed by atoms with Crippen molar-refractivity contribution in [1.82, 2.24) is 25.2 Å². The Kier molecular flexibility index (Phi) is 8.20. The van der Waals surface area contributed by atoms with Crippen molar-refractivity contribution in [2.75, 3.05) is 32.7 Å². The van der Waals surface area contributed by atoms with E-state index in [9.17, 15) is 14.9 Å². The molecular formula is C23H28ClN7O2. The molecule has 33 heavy (non-hydrogen) atoms. The van der Waals surface area contributed by atoms with Gasteiger partial charge in [0, 0.05) is 26.2 Å². The van der Waals surface area contributed by atoms with Gasteiger partial charge in [0.15, 0.2) is 5.82 Å². The van der Waals surface area contributed by atoms with Crippen LogP contribution < -0.4 is 10.4 Å². The van der Waals surface area contributed by atoms with Crippen molar-refractivity contribution >= 4 is 29.2 Å². The van der Waals surface area contributed by atoms with Gasteiger partial charge in [-0.15, -0.1) is 0 Å². The van der Waals surface area contributed by atoms with Gasteiger partial charge >= 0.3 is 0 Å². The number of hydrogen-bond donors (Lipinski definition) is 1. The number of aromatic nitrogens is 2. The molecule has 3 rings (SSSR count). The van der Waals surface area contributed by atoms with Crippen LogP contribution in [0.1, 0.15) is 47.4 Å². The Labute approximate surface area is 198 Å². The minimum atomic E-state index is -0.294. The highest BCUT2D eigenvalue weighted by Gasteiger charge is 2.28. The number of halogens is 1. The molecule has 1 saturated carbocycles. The summed E-state index contributed by atoms with van der Waals surface area (Å²) in [6, 6.07) is 9.20. The number of rotatable bonds is 8. The molecule has 1 aromatic heterocycles. The van der Waals surface area contributed by atoms with E-state index in [1.807, 2.05) is 30.1 Å². The number of hydrogen-bond acceptors (Lipinski definition) is 7. The molecule has 0 spiro atoms. The second-order valence-electron chi connectivity index (χ2n) is 8.38. The SMILES string of the molecule is CN(CC(=O)N(C)C)Cc1ccc(C(=O)NN(c2nc(C#N)ncc2Cl)C2CCCC2)cc1. The van der Waals surface area contributed by atoms with E-state index >= 15 is 0 Å². The summed E-state index contributed by atoms with van der Waals surface area (Å²) in [6.07, 6.45) is 5.24. The first-order chi connectivity index (χ1) is 15.8. The van der Waals surface area contributed by atoms with E-state index in [0.717, 1.165) is 31.2 Å². The number of amides is 2. The van der Waals surface area contributed by atoms with Crippen LogP contribution in [0.2, 0.25) is 5.02 Å². The molecule has 174 valence electrons. The number of hydrazine groups is 1. The van der Waals surface area contributed by atoms with Crippen LogP contribution in [0.25, 0.3) is 0 Å². The minimum Gasteiger partial charge on any atom is -0.348 e. The Morgan fingerprint density at radius 3 is 2.45 bits per heavy atom. The maximum Gasteiger partial charge on any atom is 0.269 e. The molecule has 1 aromatic carbocycles. The van der Waals surface area contributed by atoms with Crippen molar-refractivity contribution in [2.24, 2.45) is 0 Å². The Bertz CT molecular complexity index is 1030. The molecule has 1 aliphatic carbocycles. The molecule has 0 unspecified atom stereocenters. The molecule has 9 nitrogen and oxygen atoms in total. The Hall–Kier alpha value is -3.22. The summed E-state index contributed by atoms with van der Waals surface area (Å²) in [7, 11) is 5.34. The van der Waals surface area contributed by atoms with Gasteiger partial charge in [-0.25, -0.2) is 4.98 Å². The summed E-state index contributed by atoms with van der Waals surface area (Å²) in [5, 5.41) is 11.1. The predicted molar refractivity (Wildman–Crippen MR) is 125 cm³/mol. The van der Waals surface area contributed by atoms with Gasteiger partial charge in [-0.05, 0) is 37.6 Å². The van der Waals surface area contributed by atoms with Gasteiger partial charge in [0.05, 0.1) is 18.8 Å². The zero-order valence-electron chi connectivity index (χ0n) is 19.1. The molecule has 2 amide bonds. The summed E-state index contributed by atoms with van der Waals surface area (Å²) < 4.78 is 0. The normalized spacial score (nSPS) is 13.6. The first-order valence-corrected chi connectivity index (χ1v) is 11.2. The van der Waals surface area contributed by atoms with Crippen LogP contribution in [-0.4, -0.2) is 65.3 Å². The molecule has 2 aromatic rings. The fraction of sp³-hybridized carbons (Fsp3) is 0.435. The summed E-state index contributed by atoms with van der Waals surface area (Å²) in [5.41, 5.74) is 4.41. The van der Waals surface area contributed by atoms with E-state index in [1.165, 1.54) is 6.20 Å². The number of carbonyl (C=O) groups is 2. The van der Waals surface area contributed by atoms with Crippen LogP contribution >= 0.6 is 11.6 Å². The van der Waals surface area contributed by atoms with Crippen LogP contribution in [0, 0.1) is 11.3 Å². The summed E-state index contributed by atoms with van der Waals surface area (Å²) >= 11 is 6.32. The summed E-state index contributed by atoms with van der Waals surface area (Å²) in [6.45, 7) is 0.902. The van der Waals surface area contributed by atoms with E-state index in [0.29, 0.717) is 24.5 Å². The third-order valence-electron chi connectivity index (χ3n) is 5.54. The number of likely N-dealkylation sites (N-methyl/N-ethyl adjacent to an activating group) is 2. The maximum absolute atomic E-state index is 13.0. The Morgan fingerprint density at radius 2 is 1.85 bits per heavy atom. The van der Waals surface area contributed by atoms with Crippen molar-refractivity contribution < 1.29 is 9.59 Å². The third-order valence-corrected chi connectivity index (χ3v) is 5.80. The van der Waals surface area contributed by atoms with Crippen molar-refractivity contribution in [3.8, 4) is 6.07 Å². The molecule has 10 heteroatoms. The van der Waals surface area contributed by atoms with E-state index in [4.69, 9.17) is 11.6 Å². The van der Waals surface area contributed by atoms with Crippen molar-refractivity contribution in [1.29, 1.82) is 5.26 Å². The second-order valence-corrected chi connectivity index (χ2v) is 8.79. The topological polar surface area (TPSA) is 105 Å². The lowest BCUT2D eigenvalue weighted by molar-refractivity contribution is -0.129. The fourth-order valence-corrected chi connectivity index (χ4v) is 3.92. The van der Waals surface area contributed by atoms with Gasteiger partial charge < -0.3 is 4.90 Å². The Morgan fingerprint density at radius 1 is 1.18 bits per heavy atom. The molecule has 0 bridgehead atoms. The van der Waals surface area contributed by atoms with E-state index in [-0.39, 0.29) is 28.7 Å². The second kappa shape index (κ2) is 11.1. The van der Waals surface area contributed by atoms with E-state index in [2.05, 4.69) is 15.4 Å². The van der Waals surface area contributed by atoms with Gasteiger partial charge in [0.2, 0.25) is 11.7 Å². The lowest BCUT2D eigenvalue weighted by Gasteiger charge is -2.30. The van der Waals surface area contributed by atoms with E-state index < -0.39 is 0 Å². The van der Waals surface area contributed by atoms with E-state index in [1.54, 1.807) is 36.1 Å². The monoisotopic (exact) mass is 469 g/mol. The quantitative estimate of drug-likeness (QED) is 0.592. The first-order valence-electron chi connectivity index (χ1n) is 10.8. The molecular weight excluding hydrogens is 442 g/mol. The van der Waals surface area contributed by atoms with Gasteiger partial charge in [0.25, 0.3) is 5.91 Å². The largest absolute Gasteiger partial charge is 0.348 e. The summed E-state index contributed by atoms with van der Waals surface area (Å²) in [5.74, 6) is 0.0568. The highest BCUT2D eigenvalue weighted by Crippen LogP contribution is 2.30. The fourth-order valence-electron chi connectivity index (χ4n) is 3.74. The zero-order valence-corrected chi connectivity index (χ0v) is 19.8. The van der Waals surface area contributed by atoms with Crippen LogP contribution in [0.3, 0.4) is 0 Å². The molecule has 1 aliphatic rings. The highest BCUT2D eigenvalue weighted by molar-refractivity contribution is 6.32. The number of carbonyl (C=O) groups excluding carboxylic acids is 2. The van der Waals surface area contributed by atoms with Gasteiger partial charge in [-0.1, -0.05) is 36.6 Å². The molecule has 0 aliphatic heterocycles. The first kappa shape index (κ1) is 24.4. The van der Waals surface area contributed by atoms with Gasteiger partial charge in [0.1, 0.15) is 11.1 Å². The number of nitrogens with zero attached hydrogens (tertiary/aromatic N) is 6. The van der Waals surface area contributed by atoms with Crippen LogP contribution in [0.15, 0.2) is 30.5 Å². The molecule has 1 N–H and O–H groups in total. The lowest BCUT2D eigenvalue weighted by atomic mass is 10.1. The molecule has 1 fully saturated rings. The standard InChI is InChI=1S/C23H28ClN7O2/c1-29(2)21(32)15-30(3)14-16-8-10-17(11-9-16)23(33)28-31(18-6-4-5-7-18)22-19(24)13-26-20(12-25)27-22/h8-11,13,18H,4-7,14-15H2,1-3H3,(H,28,33). The number of nitriles is 1. The van der Waals surface area contributed by atoms with Crippen LogP contribution in [0.5, 0.6) is 0 Å². The van der Waals surface area contributed by atoms with Crippen LogP contribution in [0.4, 0.5) is 5.82 Å². The average Bonchev–Trinajstić information content (AvgIpc) is 3.33. The predicted octanol–water partition coefficient (Wildman–Crippen LogP) is 2.62. The van der Waals surface area contributed by atoms with Gasteiger partial charge in [-0.2, -0.15) is 10.2 Å². The van der Waals surface area contributed by atoms with Crippen molar-refractivity contribution in [3.05, 3.63) is 52.4 Å². The van der Waals surface area contributed by atoms with Crippen LogP contribution in [-0.2, 0) is 11.3 Å². The van der Waals surface area contributed by atoms with Gasteiger partial charge in [-0.3, -0.25) is 24.9 Å². The maximum atomic E-state index is 13.0. The number of anilines is 1. The third kappa shape index (κ3) is 6.40. The highest BCUT2D eigenvalue weighted by atomic mass is 35.5. The molecule has 0 saturated heterocycles. The van der Waals surface area contributed by atoms with Crippen molar-refractivity contribution in [2.45, 2.75) is 38.3 Å². The Balaban J connectivity index is 1.72. The number of nitrogens with one attached hydrogen (secondary N) is 1. The minimum absolute atomic E-state index is 0.00660. The molecule has 0 atom stereocenters. The lowest BCUT2D eigenvalue weighted by Crippen LogP contribution is -2.48. The smallest absolute Gasteiger partial charge is 0.269 e. The zero-order chi connectivity index (χ0) is 24.0. The average molecular weight is 470 g/mol. The summed E-state index contributed by atoms with van der Waals surface area (Å²) in [4.78, 5) is 36.5. The molecule has 0 radical (unpaired) electrons. The van der Waals surface area contributed by atoms with Crippen molar-refractivity contribution in [3.63, 3.8) is 0 Å². The molecule has 1 heterocycles.